The molecule has 1 fully saturated rings. The van der Waals surface area contributed by atoms with E-state index in [0.29, 0.717) is 23.8 Å². The van der Waals surface area contributed by atoms with Crippen LogP contribution in [0.3, 0.4) is 0 Å². The number of nitrogens with zero attached hydrogens (tertiary/aromatic N) is 4. The van der Waals surface area contributed by atoms with Crippen LogP contribution in [0.25, 0.3) is 11.3 Å². The third kappa shape index (κ3) is 13.0. The second-order valence-corrected chi connectivity index (χ2v) is 21.4. The molecule has 350 valence electrons. The maximum atomic E-state index is 12.7. The van der Waals surface area contributed by atoms with E-state index in [-0.39, 0.29) is 35.8 Å². The van der Waals surface area contributed by atoms with E-state index in [0.717, 1.165) is 70.7 Å². The fourth-order valence-electron chi connectivity index (χ4n) is 8.45. The lowest BCUT2D eigenvalue weighted by molar-refractivity contribution is -0.114. The summed E-state index contributed by atoms with van der Waals surface area (Å²) in [7, 11) is -0.341. The Bertz CT molecular complexity index is 2690. The predicted octanol–water partition coefficient (Wildman–Crippen LogP) is 11.7. The second kappa shape index (κ2) is 22.0. The van der Waals surface area contributed by atoms with Crippen molar-refractivity contribution >= 4 is 70.1 Å². The van der Waals surface area contributed by atoms with Crippen molar-refractivity contribution in [3.8, 4) is 11.3 Å². The number of Topliss-reactive ketones (excluding diaryl/α,β-unsaturated/α-hetero) is 2. The van der Waals surface area contributed by atoms with Crippen molar-refractivity contribution in [2.75, 3.05) is 5.32 Å². The quantitative estimate of drug-likeness (QED) is 0.0765. The predicted molar refractivity (Wildman–Crippen MR) is 272 cm³/mol. The zero-order chi connectivity index (χ0) is 47.9. The monoisotopic (exact) mass is 957 g/mol. The highest BCUT2D eigenvalue weighted by molar-refractivity contribution is 7.14. The van der Waals surface area contributed by atoms with Gasteiger partial charge < -0.3 is 14.6 Å². The Labute approximate surface area is 408 Å². The van der Waals surface area contributed by atoms with Gasteiger partial charge in [0.25, 0.3) is 0 Å². The number of aromatic nitrogens is 4. The van der Waals surface area contributed by atoms with Crippen molar-refractivity contribution in [2.45, 2.75) is 144 Å². The van der Waals surface area contributed by atoms with Crippen molar-refractivity contribution in [3.05, 3.63) is 137 Å². The first-order chi connectivity index (χ1) is 31.9. The van der Waals surface area contributed by atoms with Crippen molar-refractivity contribution < 1.29 is 23.7 Å². The lowest BCUT2D eigenvalue weighted by atomic mass is 9.77. The van der Waals surface area contributed by atoms with Crippen LogP contribution >= 0.6 is 34.3 Å². The third-order valence-electron chi connectivity index (χ3n) is 13.1. The van der Waals surface area contributed by atoms with Gasteiger partial charge in [-0.25, -0.2) is 19.9 Å². The smallest absolute Gasteiger partial charge is 0.399 e. The molecule has 2 aliphatic carbocycles. The molecule has 2 aromatic carbocycles. The standard InChI is InChI=1S/C24H31BO3S.C23H24N2OS.C6H6ClN3O/c1-16-14-19(25-27-23(2,3)24(4,5)28-25)12-10-17(16)11-13-20(26)22-15-18-8-6-7-9-21(18)29-22;1-15-11-18(20-12-16(2)24-14-25-20)8-7-17(15)9-10-21(26)23-13-19-5-3-4-6-22(19)27-23;1-4(11)10-6-2-5(7)8-3-9-6/h10,12,14-15H,6-9,11,13H2,1-5H3;7-8,11-14H,3-6,9-10H2,1-2H3;2-3H,1H3,(H,8,9,10,11). The summed E-state index contributed by atoms with van der Waals surface area (Å²) in [6, 6.07) is 20.5. The van der Waals surface area contributed by atoms with Crippen LogP contribution in [0.1, 0.15) is 141 Å². The van der Waals surface area contributed by atoms with Gasteiger partial charge in [0.1, 0.15) is 23.6 Å². The fraction of sp³-hybridized carbons (Fsp3) is 0.415. The molecule has 9 rings (SSSR count). The van der Waals surface area contributed by atoms with Crippen LogP contribution in [0.4, 0.5) is 5.82 Å². The number of ketones is 2. The Balaban J connectivity index is 0.000000163. The minimum absolute atomic E-state index is 0.181. The van der Waals surface area contributed by atoms with Crippen LogP contribution in [-0.2, 0) is 52.6 Å². The van der Waals surface area contributed by atoms with Crippen molar-refractivity contribution in [3.63, 3.8) is 0 Å². The first kappa shape index (κ1) is 50.0. The molecular weight excluding hydrogens is 897 g/mol. The summed E-state index contributed by atoms with van der Waals surface area (Å²) in [5.41, 5.74) is 11.1. The van der Waals surface area contributed by atoms with Crippen LogP contribution in [0, 0.1) is 20.8 Å². The number of nitrogens with one attached hydrogen (secondary N) is 1. The Morgan fingerprint density at radius 3 is 1.72 bits per heavy atom. The number of aryl methyl sites for hydroxylation is 9. The molecule has 1 saturated heterocycles. The highest BCUT2D eigenvalue weighted by Crippen LogP contribution is 2.37. The van der Waals surface area contributed by atoms with Crippen LogP contribution in [0.5, 0.6) is 0 Å². The largest absolute Gasteiger partial charge is 0.494 e. The minimum Gasteiger partial charge on any atom is -0.399 e. The molecular formula is C53H61BClN5O5S2. The van der Waals surface area contributed by atoms with Gasteiger partial charge in [-0.2, -0.15) is 0 Å². The van der Waals surface area contributed by atoms with Crippen LogP contribution in [-0.4, -0.2) is 55.7 Å². The van der Waals surface area contributed by atoms with E-state index < -0.39 is 0 Å². The van der Waals surface area contributed by atoms with Crippen molar-refractivity contribution in [1.82, 2.24) is 19.9 Å². The summed E-state index contributed by atoms with van der Waals surface area (Å²) in [5.74, 6) is 0.792. The van der Waals surface area contributed by atoms with Gasteiger partial charge >= 0.3 is 7.12 Å². The van der Waals surface area contributed by atoms with E-state index in [9.17, 15) is 14.4 Å². The summed E-state index contributed by atoms with van der Waals surface area (Å²) in [4.78, 5) is 56.6. The second-order valence-electron chi connectivity index (χ2n) is 18.7. The van der Waals surface area contributed by atoms with Gasteiger partial charge in [0, 0.05) is 46.8 Å². The minimum atomic E-state index is -0.341. The molecule has 10 nitrogen and oxygen atoms in total. The maximum Gasteiger partial charge on any atom is 0.494 e. The summed E-state index contributed by atoms with van der Waals surface area (Å²) in [6.45, 7) is 15.9. The Morgan fingerprint density at radius 2 is 1.21 bits per heavy atom. The molecule has 1 aliphatic heterocycles. The zero-order valence-corrected chi connectivity index (χ0v) is 42.4. The van der Waals surface area contributed by atoms with E-state index in [4.69, 9.17) is 20.9 Å². The van der Waals surface area contributed by atoms with Crippen molar-refractivity contribution in [1.29, 1.82) is 0 Å². The number of fused-ring (bicyclic) bond motifs is 2. The van der Waals surface area contributed by atoms with Gasteiger partial charge in [0.15, 0.2) is 11.6 Å². The number of carbonyl (C=O) groups is 3. The molecule has 0 unspecified atom stereocenters. The number of hydrogen-bond donors (Lipinski definition) is 1. The molecule has 0 bridgehead atoms. The van der Waals surface area contributed by atoms with Gasteiger partial charge in [0.05, 0.1) is 26.7 Å². The summed E-state index contributed by atoms with van der Waals surface area (Å²) >= 11 is 8.96. The highest BCUT2D eigenvalue weighted by atomic mass is 35.5. The average Bonchev–Trinajstić information content (AvgIpc) is 3.99. The van der Waals surface area contributed by atoms with E-state index in [2.05, 4.69) is 115 Å². The van der Waals surface area contributed by atoms with Gasteiger partial charge in [-0.15, -0.1) is 22.7 Å². The Morgan fingerprint density at radius 1 is 0.672 bits per heavy atom. The average molecular weight is 958 g/mol. The zero-order valence-electron chi connectivity index (χ0n) is 40.0. The fourth-order valence-corrected chi connectivity index (χ4v) is 11.0. The van der Waals surface area contributed by atoms with E-state index in [1.165, 1.54) is 88.1 Å². The maximum absolute atomic E-state index is 12.7. The number of amides is 1. The topological polar surface area (TPSA) is 133 Å². The molecule has 14 heteroatoms. The number of hydrogen-bond acceptors (Lipinski definition) is 11. The number of carbonyl (C=O) groups excluding carboxylic acids is 3. The Hall–Kier alpha value is -4.92. The summed E-state index contributed by atoms with van der Waals surface area (Å²) < 4.78 is 12.3. The highest BCUT2D eigenvalue weighted by Gasteiger charge is 2.51. The van der Waals surface area contributed by atoms with E-state index in [1.807, 2.05) is 13.0 Å². The lowest BCUT2D eigenvalue weighted by Gasteiger charge is -2.32. The number of halogens is 1. The SMILES string of the molecule is CC(=O)Nc1cc(Cl)ncn1.Cc1cc(-c2ccc(CCC(=O)c3cc4c(s3)CCCC4)c(C)c2)ncn1.Cc1cc(B2OC(C)(C)C(C)(C)O2)ccc1CCC(=O)c1cc2c(s1)CCCC2. The van der Waals surface area contributed by atoms with Crippen LogP contribution < -0.4 is 10.8 Å². The number of thiophene rings is 2. The Kier molecular flexibility index (Phi) is 16.4. The lowest BCUT2D eigenvalue weighted by Crippen LogP contribution is -2.41. The molecule has 0 atom stereocenters. The number of anilines is 1. The molecule has 4 aromatic heterocycles. The molecule has 5 heterocycles. The summed E-state index contributed by atoms with van der Waals surface area (Å²) in [5, 5.41) is 2.78. The van der Waals surface area contributed by atoms with Gasteiger partial charge in [-0.1, -0.05) is 41.9 Å². The normalized spacial score (nSPS) is 15.6. The molecule has 67 heavy (non-hydrogen) atoms. The van der Waals surface area contributed by atoms with Gasteiger partial charge in [0.2, 0.25) is 5.91 Å². The van der Waals surface area contributed by atoms with E-state index in [1.54, 1.807) is 29.0 Å². The van der Waals surface area contributed by atoms with Gasteiger partial charge in [-0.05, 0) is 176 Å². The van der Waals surface area contributed by atoms with Crippen LogP contribution in [0.15, 0.2) is 73.3 Å². The molecule has 1 amide bonds. The molecule has 6 aromatic rings. The number of benzene rings is 2. The van der Waals surface area contributed by atoms with Crippen LogP contribution in [0.2, 0.25) is 5.15 Å². The number of rotatable bonds is 11. The molecule has 0 saturated carbocycles. The molecule has 3 aliphatic rings. The van der Waals surface area contributed by atoms with Crippen molar-refractivity contribution in [2.24, 2.45) is 0 Å². The van der Waals surface area contributed by atoms with Gasteiger partial charge in [-0.3, -0.25) is 14.4 Å². The molecule has 0 radical (unpaired) electrons. The first-order valence-corrected chi connectivity index (χ1v) is 25.3. The third-order valence-corrected chi connectivity index (χ3v) is 15.8. The molecule has 0 spiro atoms. The molecule has 1 N–H and O–H groups in total. The van der Waals surface area contributed by atoms with E-state index >= 15 is 0 Å². The first-order valence-electron chi connectivity index (χ1n) is 23.3. The summed E-state index contributed by atoms with van der Waals surface area (Å²) in [6.07, 6.45) is 15.2.